The van der Waals surface area contributed by atoms with E-state index >= 15 is 0 Å². The van der Waals surface area contributed by atoms with E-state index in [1.807, 2.05) is 0 Å². The van der Waals surface area contributed by atoms with Gasteiger partial charge >= 0.3 is 0 Å². The molecule has 0 radical (unpaired) electrons. The molecule has 0 aromatic heterocycles. The van der Waals surface area contributed by atoms with Crippen LogP contribution in [0.1, 0.15) is 13.8 Å². The Morgan fingerprint density at radius 1 is 1.00 bits per heavy atom. The Morgan fingerprint density at radius 3 is 2.12 bits per heavy atom. The van der Waals surface area contributed by atoms with Crippen LogP contribution in [0, 0.1) is 17.8 Å². The van der Waals surface area contributed by atoms with Crippen molar-refractivity contribution >= 4 is 0 Å². The van der Waals surface area contributed by atoms with Crippen molar-refractivity contribution in [3.63, 3.8) is 0 Å². The van der Waals surface area contributed by atoms with Crippen molar-refractivity contribution in [3.05, 3.63) is 0 Å². The van der Waals surface area contributed by atoms with Gasteiger partial charge in [0.25, 0.3) is 0 Å². The Labute approximate surface area is 106 Å². The number of rotatable bonds is 3. The number of piperidine rings is 1. The zero-order valence-electron chi connectivity index (χ0n) is 11.6. The summed E-state index contributed by atoms with van der Waals surface area (Å²) in [4.78, 5) is 7.82. The summed E-state index contributed by atoms with van der Waals surface area (Å²) in [6.45, 7) is 13.9. The molecule has 3 heteroatoms. The molecule has 0 aromatic carbocycles. The minimum Gasteiger partial charge on any atom is -0.306 e. The first-order chi connectivity index (χ1) is 8.15. The molecule has 2 aliphatic heterocycles. The van der Waals surface area contributed by atoms with Gasteiger partial charge in [0.1, 0.15) is 0 Å². The van der Waals surface area contributed by atoms with Crippen LogP contribution in [0.4, 0.5) is 0 Å². The number of likely N-dealkylation sites (tertiary alicyclic amines) is 1. The van der Waals surface area contributed by atoms with E-state index in [9.17, 15) is 0 Å². The van der Waals surface area contributed by atoms with Crippen LogP contribution in [0.2, 0.25) is 0 Å². The Balaban J connectivity index is 1.41. The lowest BCUT2D eigenvalue weighted by molar-refractivity contribution is 0.101. The van der Waals surface area contributed by atoms with E-state index < -0.39 is 0 Å². The predicted octanol–water partition coefficient (Wildman–Crippen LogP) is 0.820. The third-order valence-electron chi connectivity index (χ3n) is 5.16. The fourth-order valence-electron chi connectivity index (χ4n) is 3.89. The molecule has 3 fully saturated rings. The van der Waals surface area contributed by atoms with Crippen LogP contribution in [0.5, 0.6) is 0 Å². The molecule has 3 nitrogen and oxygen atoms in total. The Hall–Kier alpha value is -0.120. The van der Waals surface area contributed by atoms with E-state index in [1.54, 1.807) is 0 Å². The zero-order chi connectivity index (χ0) is 12.0. The fraction of sp³-hybridized carbons (Fsp3) is 1.00. The summed E-state index contributed by atoms with van der Waals surface area (Å²) < 4.78 is 0. The maximum Gasteiger partial charge on any atom is 0.0113 e. The number of hydrogen-bond donors (Lipinski definition) is 0. The quantitative estimate of drug-likeness (QED) is 0.719. The molecule has 0 bridgehead atoms. The maximum absolute atomic E-state index is 2.71. The third-order valence-corrected chi connectivity index (χ3v) is 5.16. The Morgan fingerprint density at radius 2 is 1.59 bits per heavy atom. The summed E-state index contributed by atoms with van der Waals surface area (Å²) in [6, 6.07) is 0.728. The summed E-state index contributed by atoms with van der Waals surface area (Å²) >= 11 is 0. The van der Waals surface area contributed by atoms with Crippen LogP contribution in [-0.2, 0) is 0 Å². The average Bonchev–Trinajstić information content (AvgIpc) is 2.75. The SMILES string of the molecule is CC(C)N1CCN(CC2[C@H]3CN(C)C[C@@H]23)CC1. The highest BCUT2D eigenvalue weighted by atomic mass is 15.3. The second-order valence-corrected chi connectivity index (χ2v) is 6.64. The van der Waals surface area contributed by atoms with E-state index in [-0.39, 0.29) is 0 Å². The molecule has 3 aliphatic rings. The molecule has 1 aliphatic carbocycles. The van der Waals surface area contributed by atoms with Gasteiger partial charge in [-0.2, -0.15) is 0 Å². The van der Waals surface area contributed by atoms with Crippen molar-refractivity contribution in [2.45, 2.75) is 19.9 Å². The van der Waals surface area contributed by atoms with Gasteiger partial charge in [-0.25, -0.2) is 0 Å². The molecule has 0 N–H and O–H groups in total. The highest BCUT2D eigenvalue weighted by Crippen LogP contribution is 2.51. The third kappa shape index (κ3) is 2.38. The monoisotopic (exact) mass is 237 g/mol. The molecule has 3 atom stereocenters. The number of nitrogens with zero attached hydrogens (tertiary/aromatic N) is 3. The first kappa shape index (κ1) is 11.9. The van der Waals surface area contributed by atoms with Gasteiger partial charge in [0, 0.05) is 51.9 Å². The molecule has 98 valence electrons. The molecule has 2 saturated heterocycles. The van der Waals surface area contributed by atoms with Crippen LogP contribution in [-0.4, -0.2) is 73.6 Å². The highest BCUT2D eigenvalue weighted by Gasteiger charge is 2.54. The molecule has 1 unspecified atom stereocenters. The first-order valence-electron chi connectivity index (χ1n) is 7.30. The van der Waals surface area contributed by atoms with Gasteiger partial charge in [-0.05, 0) is 38.6 Å². The lowest BCUT2D eigenvalue weighted by Gasteiger charge is -2.37. The molecule has 0 spiro atoms. The minimum atomic E-state index is 0.728. The van der Waals surface area contributed by atoms with E-state index in [0.717, 1.165) is 23.8 Å². The molecule has 1 saturated carbocycles. The van der Waals surface area contributed by atoms with Gasteiger partial charge in [-0.3, -0.25) is 4.90 Å². The van der Waals surface area contributed by atoms with E-state index in [0.29, 0.717) is 0 Å². The van der Waals surface area contributed by atoms with Crippen molar-refractivity contribution in [1.82, 2.24) is 14.7 Å². The normalized spacial score (nSPS) is 39.9. The molecular formula is C14H27N3. The van der Waals surface area contributed by atoms with Gasteiger partial charge in [-0.1, -0.05) is 0 Å². The van der Waals surface area contributed by atoms with Crippen LogP contribution in [0.25, 0.3) is 0 Å². The summed E-state index contributed by atoms with van der Waals surface area (Å²) in [5.74, 6) is 3.13. The largest absolute Gasteiger partial charge is 0.306 e. The van der Waals surface area contributed by atoms with Crippen LogP contribution in [0.15, 0.2) is 0 Å². The predicted molar refractivity (Wildman–Crippen MR) is 71.1 cm³/mol. The first-order valence-corrected chi connectivity index (χ1v) is 7.30. The summed E-state index contributed by atoms with van der Waals surface area (Å²) in [5, 5.41) is 0. The van der Waals surface area contributed by atoms with E-state index in [4.69, 9.17) is 0 Å². The number of fused-ring (bicyclic) bond motifs is 1. The molecule has 17 heavy (non-hydrogen) atoms. The molecule has 3 rings (SSSR count). The van der Waals surface area contributed by atoms with Crippen LogP contribution >= 0.6 is 0 Å². The fourth-order valence-corrected chi connectivity index (χ4v) is 3.89. The van der Waals surface area contributed by atoms with Crippen molar-refractivity contribution in [2.75, 3.05) is 52.9 Å². The van der Waals surface area contributed by atoms with Gasteiger partial charge in [-0.15, -0.1) is 0 Å². The van der Waals surface area contributed by atoms with Crippen LogP contribution in [0.3, 0.4) is 0 Å². The topological polar surface area (TPSA) is 9.72 Å². The summed E-state index contributed by atoms with van der Waals surface area (Å²) in [7, 11) is 2.27. The van der Waals surface area contributed by atoms with Crippen LogP contribution < -0.4 is 0 Å². The Kier molecular flexibility index (Phi) is 3.18. The maximum atomic E-state index is 2.71. The van der Waals surface area contributed by atoms with Crippen molar-refractivity contribution in [2.24, 2.45) is 17.8 Å². The molecular weight excluding hydrogens is 210 g/mol. The van der Waals surface area contributed by atoms with E-state index in [1.165, 1.54) is 45.8 Å². The van der Waals surface area contributed by atoms with Gasteiger partial charge in [0.15, 0.2) is 0 Å². The van der Waals surface area contributed by atoms with Crippen molar-refractivity contribution in [1.29, 1.82) is 0 Å². The smallest absolute Gasteiger partial charge is 0.0113 e. The standard InChI is InChI=1S/C14H27N3/c1-11(2)17-6-4-16(5-7-17)10-14-12-8-15(3)9-13(12)14/h11-14H,4-10H2,1-3H3/t12-,13+,14?. The number of piperazine rings is 1. The summed E-state index contributed by atoms with van der Waals surface area (Å²) in [6.07, 6.45) is 0. The average molecular weight is 237 g/mol. The number of hydrogen-bond acceptors (Lipinski definition) is 3. The Bertz CT molecular complexity index is 259. The molecule has 0 amide bonds. The second-order valence-electron chi connectivity index (χ2n) is 6.64. The minimum absolute atomic E-state index is 0.728. The second kappa shape index (κ2) is 4.52. The van der Waals surface area contributed by atoms with Gasteiger partial charge in [0.2, 0.25) is 0 Å². The van der Waals surface area contributed by atoms with Gasteiger partial charge < -0.3 is 9.80 Å². The molecule has 2 heterocycles. The summed E-state index contributed by atoms with van der Waals surface area (Å²) in [5.41, 5.74) is 0. The van der Waals surface area contributed by atoms with E-state index in [2.05, 4.69) is 35.6 Å². The lowest BCUT2D eigenvalue weighted by atomic mass is 10.2. The van der Waals surface area contributed by atoms with Crippen molar-refractivity contribution in [3.8, 4) is 0 Å². The lowest BCUT2D eigenvalue weighted by Crippen LogP contribution is -2.49. The molecule has 0 aromatic rings. The zero-order valence-corrected chi connectivity index (χ0v) is 11.6. The van der Waals surface area contributed by atoms with Gasteiger partial charge in [0.05, 0.1) is 0 Å². The van der Waals surface area contributed by atoms with Crippen molar-refractivity contribution < 1.29 is 0 Å². The highest BCUT2D eigenvalue weighted by molar-refractivity contribution is 5.05.